The Hall–Kier alpha value is -4.72. The minimum atomic E-state index is -1.37. The van der Waals surface area contributed by atoms with E-state index >= 15 is 0 Å². The number of nitrogens with one attached hydrogen (secondary N) is 5. The number of aromatic amines is 2. The van der Waals surface area contributed by atoms with Crippen molar-refractivity contribution in [3.8, 4) is 0 Å². The van der Waals surface area contributed by atoms with Gasteiger partial charge in [-0.2, -0.15) is 0 Å². The van der Waals surface area contributed by atoms with Gasteiger partial charge in [-0.25, -0.2) is 9.78 Å². The number of carbonyl (C=O) groups excluding carboxylic acids is 3. The second-order valence-electron chi connectivity index (χ2n) is 10.2. The van der Waals surface area contributed by atoms with Crippen LogP contribution in [0.5, 0.6) is 0 Å². The van der Waals surface area contributed by atoms with Crippen molar-refractivity contribution in [3.63, 3.8) is 0 Å². The standard InChI is InChI=1S/C28H37N7O7/c1-3-15(2)24(35-25(38)19(29)10-16-12-31-20-7-5-4-6-18(16)20)27(40)33-21(8-9-23(36)37)26(39)34-22(28(41)42)11-17-13-30-14-32-17/h4-7,12-15,19,21-22,24,31H,3,8-11,29H2,1-2H3,(H,30,32)(H,33,40)(H,34,39)(H,35,38)(H,36,37)(H,41,42). The molecule has 3 rings (SSSR count). The van der Waals surface area contributed by atoms with Crippen molar-refractivity contribution in [3.05, 3.63) is 54.2 Å². The summed E-state index contributed by atoms with van der Waals surface area (Å²) in [5.74, 6) is -5.06. The van der Waals surface area contributed by atoms with Crippen molar-refractivity contribution in [2.24, 2.45) is 11.7 Å². The molecule has 42 heavy (non-hydrogen) atoms. The number of H-pyrrole nitrogens is 2. The normalized spacial score (nSPS) is 14.7. The number of carboxylic acids is 2. The van der Waals surface area contributed by atoms with E-state index in [2.05, 4.69) is 30.9 Å². The lowest BCUT2D eigenvalue weighted by Gasteiger charge is -2.28. The molecule has 5 atom stereocenters. The number of carboxylic acid groups (broad SMARTS) is 2. The van der Waals surface area contributed by atoms with Crippen LogP contribution in [0.25, 0.3) is 10.9 Å². The maximum absolute atomic E-state index is 13.4. The maximum Gasteiger partial charge on any atom is 0.326 e. The Bertz CT molecular complexity index is 1390. The highest BCUT2D eigenvalue weighted by molar-refractivity contribution is 5.94. The predicted molar refractivity (Wildman–Crippen MR) is 152 cm³/mol. The number of aromatic nitrogens is 3. The molecule has 226 valence electrons. The first-order valence-electron chi connectivity index (χ1n) is 13.6. The van der Waals surface area contributed by atoms with Crippen molar-refractivity contribution in [2.75, 3.05) is 0 Å². The molecular formula is C28H37N7O7. The Balaban J connectivity index is 1.71. The number of aliphatic carboxylic acids is 2. The van der Waals surface area contributed by atoms with Crippen molar-refractivity contribution >= 4 is 40.6 Å². The molecule has 0 aliphatic rings. The fraction of sp³-hybridized carbons (Fsp3) is 0.429. The van der Waals surface area contributed by atoms with Crippen LogP contribution in [0.2, 0.25) is 0 Å². The lowest BCUT2D eigenvalue weighted by Crippen LogP contribution is -2.59. The number of hydrogen-bond acceptors (Lipinski definition) is 7. The van der Waals surface area contributed by atoms with E-state index in [1.54, 1.807) is 13.1 Å². The number of fused-ring (bicyclic) bond motifs is 1. The second-order valence-corrected chi connectivity index (χ2v) is 10.2. The molecule has 1 aromatic carbocycles. The highest BCUT2D eigenvalue weighted by Gasteiger charge is 2.33. The molecule has 2 aromatic heterocycles. The maximum atomic E-state index is 13.4. The number of rotatable bonds is 16. The van der Waals surface area contributed by atoms with E-state index in [4.69, 9.17) is 5.73 Å². The summed E-state index contributed by atoms with van der Waals surface area (Å²) in [6.07, 6.45) is 4.38. The summed E-state index contributed by atoms with van der Waals surface area (Å²) in [7, 11) is 0. The summed E-state index contributed by atoms with van der Waals surface area (Å²) >= 11 is 0. The SMILES string of the molecule is CCC(C)C(NC(=O)C(N)Cc1c[nH]c2ccccc12)C(=O)NC(CCC(=O)O)C(=O)NC(Cc1cnc[nH]1)C(=O)O. The summed E-state index contributed by atoms with van der Waals surface area (Å²) in [6, 6.07) is 2.77. The zero-order chi connectivity index (χ0) is 30.8. The van der Waals surface area contributed by atoms with Gasteiger partial charge in [0.25, 0.3) is 0 Å². The van der Waals surface area contributed by atoms with Gasteiger partial charge >= 0.3 is 11.9 Å². The van der Waals surface area contributed by atoms with Crippen LogP contribution in [0.15, 0.2) is 43.0 Å². The summed E-state index contributed by atoms with van der Waals surface area (Å²) in [5, 5.41) is 27.3. The number of hydrogen-bond donors (Lipinski definition) is 8. The van der Waals surface area contributed by atoms with E-state index in [1.165, 1.54) is 12.5 Å². The Kier molecular flexibility index (Phi) is 11.2. The fourth-order valence-electron chi connectivity index (χ4n) is 4.48. The lowest BCUT2D eigenvalue weighted by molar-refractivity contribution is -0.143. The van der Waals surface area contributed by atoms with E-state index in [-0.39, 0.29) is 25.2 Å². The number of carbonyl (C=O) groups is 5. The molecule has 14 nitrogen and oxygen atoms in total. The quantitative estimate of drug-likeness (QED) is 0.117. The fourth-order valence-corrected chi connectivity index (χ4v) is 4.48. The minimum Gasteiger partial charge on any atom is -0.481 e. The van der Waals surface area contributed by atoms with Gasteiger partial charge in [0.1, 0.15) is 18.1 Å². The third-order valence-corrected chi connectivity index (χ3v) is 7.12. The molecular weight excluding hydrogens is 546 g/mol. The van der Waals surface area contributed by atoms with Crippen molar-refractivity contribution < 1.29 is 34.2 Å². The Labute approximate surface area is 241 Å². The monoisotopic (exact) mass is 583 g/mol. The van der Waals surface area contributed by atoms with Crippen LogP contribution in [-0.2, 0) is 36.8 Å². The zero-order valence-corrected chi connectivity index (χ0v) is 23.4. The molecule has 3 aromatic rings. The molecule has 0 saturated heterocycles. The number of imidazole rings is 1. The molecule has 2 heterocycles. The Morgan fingerprint density at radius 3 is 2.31 bits per heavy atom. The number of nitrogens with two attached hydrogens (primary N) is 1. The molecule has 5 unspecified atom stereocenters. The molecule has 3 amide bonds. The van der Waals surface area contributed by atoms with Crippen LogP contribution in [0.4, 0.5) is 0 Å². The number of para-hydroxylation sites is 1. The van der Waals surface area contributed by atoms with Gasteiger partial charge in [-0.1, -0.05) is 38.5 Å². The predicted octanol–water partition coefficient (Wildman–Crippen LogP) is 0.453. The van der Waals surface area contributed by atoms with E-state index in [0.717, 1.165) is 16.5 Å². The van der Waals surface area contributed by atoms with Gasteiger partial charge in [0.15, 0.2) is 0 Å². The number of nitrogens with zero attached hydrogens (tertiary/aromatic N) is 1. The first-order chi connectivity index (χ1) is 20.0. The first-order valence-corrected chi connectivity index (χ1v) is 13.6. The average Bonchev–Trinajstić information content (AvgIpc) is 3.62. The van der Waals surface area contributed by atoms with E-state index in [9.17, 15) is 34.2 Å². The van der Waals surface area contributed by atoms with Crippen molar-refractivity contribution in [1.82, 2.24) is 30.9 Å². The third kappa shape index (κ3) is 8.64. The van der Waals surface area contributed by atoms with E-state index in [1.807, 2.05) is 31.2 Å². The van der Waals surface area contributed by atoms with Gasteiger partial charge in [0, 0.05) is 41.8 Å². The molecule has 0 saturated carbocycles. The zero-order valence-electron chi connectivity index (χ0n) is 23.4. The van der Waals surface area contributed by atoms with Crippen LogP contribution >= 0.6 is 0 Å². The molecule has 0 spiro atoms. The lowest BCUT2D eigenvalue weighted by atomic mass is 9.96. The summed E-state index contributed by atoms with van der Waals surface area (Å²) in [6.45, 7) is 3.57. The summed E-state index contributed by atoms with van der Waals surface area (Å²) in [5.41, 5.74) is 8.40. The average molecular weight is 584 g/mol. The summed E-state index contributed by atoms with van der Waals surface area (Å²) in [4.78, 5) is 72.3. The van der Waals surface area contributed by atoms with Gasteiger partial charge in [-0.05, 0) is 30.4 Å². The van der Waals surface area contributed by atoms with E-state index < -0.39 is 60.2 Å². The minimum absolute atomic E-state index is 0.111. The molecule has 0 aliphatic carbocycles. The molecule has 0 aliphatic heterocycles. The van der Waals surface area contributed by atoms with Gasteiger partial charge < -0.3 is 41.9 Å². The van der Waals surface area contributed by atoms with Gasteiger partial charge in [-0.15, -0.1) is 0 Å². The number of amides is 3. The first kappa shape index (κ1) is 31.8. The van der Waals surface area contributed by atoms with Crippen LogP contribution in [0, 0.1) is 5.92 Å². The topological polar surface area (TPSA) is 232 Å². The van der Waals surface area contributed by atoms with Crippen LogP contribution in [0.1, 0.15) is 44.4 Å². The molecule has 0 radical (unpaired) electrons. The molecule has 14 heteroatoms. The third-order valence-electron chi connectivity index (χ3n) is 7.12. The highest BCUT2D eigenvalue weighted by atomic mass is 16.4. The van der Waals surface area contributed by atoms with Crippen molar-refractivity contribution in [2.45, 2.75) is 70.1 Å². The summed E-state index contributed by atoms with van der Waals surface area (Å²) < 4.78 is 0. The van der Waals surface area contributed by atoms with Crippen molar-refractivity contribution in [1.29, 1.82) is 0 Å². The van der Waals surface area contributed by atoms with Crippen LogP contribution in [0.3, 0.4) is 0 Å². The highest BCUT2D eigenvalue weighted by Crippen LogP contribution is 2.19. The Morgan fingerprint density at radius 1 is 0.952 bits per heavy atom. The van der Waals surface area contributed by atoms with Gasteiger partial charge in [-0.3, -0.25) is 19.2 Å². The van der Waals surface area contributed by atoms with Crippen LogP contribution < -0.4 is 21.7 Å². The smallest absolute Gasteiger partial charge is 0.326 e. The Morgan fingerprint density at radius 2 is 1.67 bits per heavy atom. The molecule has 0 bridgehead atoms. The largest absolute Gasteiger partial charge is 0.481 e. The number of benzene rings is 1. The van der Waals surface area contributed by atoms with Gasteiger partial charge in [0.2, 0.25) is 17.7 Å². The van der Waals surface area contributed by atoms with E-state index in [0.29, 0.717) is 12.1 Å². The van der Waals surface area contributed by atoms with Gasteiger partial charge in [0.05, 0.1) is 12.4 Å². The molecule has 9 N–H and O–H groups in total. The second kappa shape index (κ2) is 14.8. The van der Waals surface area contributed by atoms with Crippen LogP contribution in [-0.4, -0.2) is 79.0 Å². The molecule has 0 fully saturated rings.